The molecule has 0 aliphatic carbocycles. The number of hydrogen-bond donors (Lipinski definition) is 1. The van der Waals surface area contributed by atoms with Crippen LogP contribution >= 0.6 is 0 Å². The van der Waals surface area contributed by atoms with Gasteiger partial charge in [0.1, 0.15) is 17.6 Å². The average molecular weight is 513 g/mol. The Morgan fingerprint density at radius 2 is 1.41 bits per heavy atom. The summed E-state index contributed by atoms with van der Waals surface area (Å²) in [6.45, 7) is 6.38. The first-order valence-corrected chi connectivity index (χ1v) is 13.1. The van der Waals surface area contributed by atoms with Crippen molar-refractivity contribution in [3.8, 4) is 11.5 Å². The van der Waals surface area contributed by atoms with Gasteiger partial charge in [0.05, 0.1) is 26.8 Å². The van der Waals surface area contributed by atoms with Gasteiger partial charge in [0, 0.05) is 25.6 Å². The molecular formula is C29H40N2O6. The van der Waals surface area contributed by atoms with Gasteiger partial charge in [-0.25, -0.2) is 4.79 Å². The Bertz CT molecular complexity index is 986. The van der Waals surface area contributed by atoms with Crippen LogP contribution in [0.1, 0.15) is 62.6 Å². The van der Waals surface area contributed by atoms with Gasteiger partial charge in [0.25, 0.3) is 0 Å². The lowest BCUT2D eigenvalue weighted by Crippen LogP contribution is -2.42. The maximum atomic E-state index is 13.5. The van der Waals surface area contributed by atoms with Gasteiger partial charge in [-0.1, -0.05) is 51.0 Å². The van der Waals surface area contributed by atoms with E-state index in [-0.39, 0.29) is 18.4 Å². The quantitative estimate of drug-likeness (QED) is 0.363. The summed E-state index contributed by atoms with van der Waals surface area (Å²) in [6, 6.07) is 14.7. The summed E-state index contributed by atoms with van der Waals surface area (Å²) in [5.41, 5.74) is 1.82. The van der Waals surface area contributed by atoms with Crippen molar-refractivity contribution in [2.24, 2.45) is 0 Å². The summed E-state index contributed by atoms with van der Waals surface area (Å²) < 4.78 is 16.2. The fourth-order valence-corrected chi connectivity index (χ4v) is 5.00. The minimum absolute atomic E-state index is 0.0601. The molecule has 8 heteroatoms. The minimum Gasteiger partial charge on any atom is -0.497 e. The van der Waals surface area contributed by atoms with Gasteiger partial charge in [0.15, 0.2) is 0 Å². The lowest BCUT2D eigenvalue weighted by molar-refractivity contribution is -0.133. The standard InChI is InChI=1S/C29H40N2O6/c1-5-7-17-30(18-8-6-2)26(32)20-31-19-25(21-9-13-23(35-3)14-10-21)28(37-29(33)34)27(31)22-11-15-24(36-4)16-12-22/h9-16,25,27-28H,5-8,17-20H2,1-4H3,(H,33,34)/t25-,27-,28+/m1/s1. The number of carbonyl (C=O) groups excluding carboxylic acids is 1. The highest BCUT2D eigenvalue weighted by Gasteiger charge is 2.46. The average Bonchev–Trinajstić information content (AvgIpc) is 3.25. The van der Waals surface area contributed by atoms with Crippen molar-refractivity contribution in [1.29, 1.82) is 0 Å². The number of nitrogens with zero attached hydrogens (tertiary/aromatic N) is 2. The predicted octanol–water partition coefficient (Wildman–Crippen LogP) is 5.34. The summed E-state index contributed by atoms with van der Waals surface area (Å²) in [6.07, 6.45) is 1.92. The molecule has 2 aromatic rings. The van der Waals surface area contributed by atoms with Crippen LogP contribution in [0.5, 0.6) is 11.5 Å². The van der Waals surface area contributed by atoms with E-state index >= 15 is 0 Å². The van der Waals surface area contributed by atoms with Gasteiger partial charge >= 0.3 is 6.16 Å². The van der Waals surface area contributed by atoms with Crippen LogP contribution in [0, 0.1) is 0 Å². The lowest BCUT2D eigenvalue weighted by Gasteiger charge is -2.30. The minimum atomic E-state index is -1.33. The number of amides is 1. The largest absolute Gasteiger partial charge is 0.506 e. The Kier molecular flexibility index (Phi) is 10.6. The van der Waals surface area contributed by atoms with Gasteiger partial charge in [-0.3, -0.25) is 9.69 Å². The van der Waals surface area contributed by atoms with Crippen LogP contribution in [-0.4, -0.2) is 73.5 Å². The summed E-state index contributed by atoms with van der Waals surface area (Å²) in [7, 11) is 3.21. The molecule has 0 unspecified atom stereocenters. The zero-order valence-electron chi connectivity index (χ0n) is 22.4. The van der Waals surface area contributed by atoms with Crippen molar-refractivity contribution < 1.29 is 28.9 Å². The van der Waals surface area contributed by atoms with E-state index in [4.69, 9.17) is 14.2 Å². The fraction of sp³-hybridized carbons (Fsp3) is 0.517. The molecule has 0 saturated carbocycles. The molecule has 202 valence electrons. The van der Waals surface area contributed by atoms with E-state index in [0.717, 1.165) is 55.6 Å². The van der Waals surface area contributed by atoms with Crippen LogP contribution in [0.2, 0.25) is 0 Å². The van der Waals surface area contributed by atoms with Gasteiger partial charge < -0.3 is 24.2 Å². The summed E-state index contributed by atoms with van der Waals surface area (Å²) in [5.74, 6) is 1.24. The zero-order chi connectivity index (χ0) is 26.8. The highest BCUT2D eigenvalue weighted by atomic mass is 16.7. The Balaban J connectivity index is 1.97. The molecule has 37 heavy (non-hydrogen) atoms. The Hall–Kier alpha value is -3.26. The fourth-order valence-electron chi connectivity index (χ4n) is 5.00. The highest BCUT2D eigenvalue weighted by Crippen LogP contribution is 2.43. The molecule has 0 aromatic heterocycles. The molecule has 1 aliphatic heterocycles. The number of rotatable bonds is 13. The molecule has 1 aliphatic rings. The van der Waals surface area contributed by atoms with E-state index in [2.05, 4.69) is 18.7 Å². The molecule has 0 bridgehead atoms. The van der Waals surface area contributed by atoms with E-state index in [1.54, 1.807) is 14.2 Å². The number of hydrogen-bond acceptors (Lipinski definition) is 6. The molecule has 1 N–H and O–H groups in total. The van der Waals surface area contributed by atoms with Crippen LogP contribution in [0.15, 0.2) is 48.5 Å². The number of likely N-dealkylation sites (tertiary alicyclic amines) is 1. The van der Waals surface area contributed by atoms with Crippen molar-refractivity contribution in [2.75, 3.05) is 40.4 Å². The van der Waals surface area contributed by atoms with Gasteiger partial charge in [-0.05, 0) is 48.2 Å². The molecule has 1 amide bonds. The Labute approximate surface area is 220 Å². The summed E-state index contributed by atoms with van der Waals surface area (Å²) in [4.78, 5) is 29.4. The molecule has 1 saturated heterocycles. The van der Waals surface area contributed by atoms with E-state index in [1.165, 1.54) is 0 Å². The van der Waals surface area contributed by atoms with Crippen molar-refractivity contribution in [3.05, 3.63) is 59.7 Å². The molecule has 1 fully saturated rings. The molecule has 8 nitrogen and oxygen atoms in total. The zero-order valence-corrected chi connectivity index (χ0v) is 22.4. The number of benzene rings is 2. The van der Waals surface area contributed by atoms with E-state index < -0.39 is 18.3 Å². The smallest absolute Gasteiger partial charge is 0.497 e. The van der Waals surface area contributed by atoms with Crippen LogP contribution < -0.4 is 9.47 Å². The molecule has 3 rings (SSSR count). The SMILES string of the molecule is CCCCN(CCCC)C(=O)CN1C[C@H](c2ccc(OC)cc2)[C@H](OC(=O)O)[C@H]1c1ccc(OC)cc1. The van der Waals surface area contributed by atoms with Gasteiger partial charge in [-0.15, -0.1) is 0 Å². The molecule has 0 spiro atoms. The Morgan fingerprint density at radius 1 is 0.892 bits per heavy atom. The van der Waals surface area contributed by atoms with Crippen molar-refractivity contribution in [1.82, 2.24) is 9.80 Å². The number of unbranched alkanes of at least 4 members (excludes halogenated alkanes) is 2. The molecule has 1 heterocycles. The molecular weight excluding hydrogens is 472 g/mol. The summed E-state index contributed by atoms with van der Waals surface area (Å²) in [5, 5.41) is 9.66. The molecule has 2 aromatic carbocycles. The maximum Gasteiger partial charge on any atom is 0.506 e. The van der Waals surface area contributed by atoms with Crippen molar-refractivity contribution in [2.45, 2.75) is 57.6 Å². The van der Waals surface area contributed by atoms with Gasteiger partial charge in [-0.2, -0.15) is 0 Å². The first-order valence-electron chi connectivity index (χ1n) is 13.1. The third-order valence-electron chi connectivity index (χ3n) is 7.02. The van der Waals surface area contributed by atoms with E-state index in [0.29, 0.717) is 12.3 Å². The van der Waals surface area contributed by atoms with Crippen LogP contribution in [0.3, 0.4) is 0 Å². The second-order valence-electron chi connectivity index (χ2n) is 9.46. The molecule has 3 atom stereocenters. The van der Waals surface area contributed by atoms with Crippen LogP contribution in [-0.2, 0) is 9.53 Å². The Morgan fingerprint density at radius 3 is 1.86 bits per heavy atom. The van der Waals surface area contributed by atoms with E-state index in [1.807, 2.05) is 53.4 Å². The first-order chi connectivity index (χ1) is 17.9. The maximum absolute atomic E-state index is 13.5. The monoisotopic (exact) mass is 512 g/mol. The first kappa shape index (κ1) is 28.3. The number of carboxylic acid groups (broad SMARTS) is 1. The number of carbonyl (C=O) groups is 2. The second-order valence-corrected chi connectivity index (χ2v) is 9.46. The van der Waals surface area contributed by atoms with Crippen LogP contribution in [0.4, 0.5) is 4.79 Å². The van der Waals surface area contributed by atoms with Gasteiger partial charge in [0.2, 0.25) is 5.91 Å². The highest BCUT2D eigenvalue weighted by molar-refractivity contribution is 5.78. The number of ether oxygens (including phenoxy) is 3. The topological polar surface area (TPSA) is 88.5 Å². The van der Waals surface area contributed by atoms with Crippen molar-refractivity contribution >= 4 is 12.1 Å². The van der Waals surface area contributed by atoms with Crippen molar-refractivity contribution in [3.63, 3.8) is 0 Å². The third kappa shape index (κ3) is 7.38. The lowest BCUT2D eigenvalue weighted by atomic mass is 9.90. The summed E-state index contributed by atoms with van der Waals surface area (Å²) >= 11 is 0. The number of methoxy groups -OCH3 is 2. The third-order valence-corrected chi connectivity index (χ3v) is 7.02. The second kappa shape index (κ2) is 13.9. The normalized spacial score (nSPS) is 19.4. The predicted molar refractivity (Wildman–Crippen MR) is 142 cm³/mol. The van der Waals surface area contributed by atoms with Crippen LogP contribution in [0.25, 0.3) is 0 Å². The molecule has 0 radical (unpaired) electrons. The van der Waals surface area contributed by atoms with E-state index in [9.17, 15) is 14.7 Å².